The number of halogens is 1. The Bertz CT molecular complexity index is 400. The van der Waals surface area contributed by atoms with Crippen molar-refractivity contribution in [1.82, 2.24) is 4.90 Å². The van der Waals surface area contributed by atoms with Crippen LogP contribution in [0.15, 0.2) is 18.2 Å². The minimum atomic E-state index is -0.695. The lowest BCUT2D eigenvalue weighted by atomic mass is 10.0. The Morgan fingerprint density at radius 2 is 2.25 bits per heavy atom. The van der Waals surface area contributed by atoms with Gasteiger partial charge in [0.05, 0.1) is 18.7 Å². The summed E-state index contributed by atoms with van der Waals surface area (Å²) in [6.07, 6.45) is -0.695. The average molecular weight is 222 g/mol. The van der Waals surface area contributed by atoms with Gasteiger partial charge in [0.2, 0.25) is 0 Å². The summed E-state index contributed by atoms with van der Waals surface area (Å²) in [5.41, 5.74) is 1.42. The molecule has 1 rings (SSSR count). The van der Waals surface area contributed by atoms with E-state index < -0.39 is 6.10 Å². The van der Waals surface area contributed by atoms with Gasteiger partial charge < -0.3 is 5.11 Å². The van der Waals surface area contributed by atoms with E-state index in [2.05, 4.69) is 0 Å². The van der Waals surface area contributed by atoms with Gasteiger partial charge in [-0.05, 0) is 37.2 Å². The number of hydrogen-bond donors (Lipinski definition) is 1. The maximum absolute atomic E-state index is 12.9. The number of rotatable bonds is 4. The van der Waals surface area contributed by atoms with Gasteiger partial charge in [-0.2, -0.15) is 5.26 Å². The molecule has 0 amide bonds. The smallest absolute Gasteiger partial charge is 0.123 e. The third kappa shape index (κ3) is 3.30. The van der Waals surface area contributed by atoms with Crippen molar-refractivity contribution in [2.75, 3.05) is 20.1 Å². The highest BCUT2D eigenvalue weighted by Gasteiger charge is 2.13. The molecule has 0 heterocycles. The number of aliphatic hydroxyl groups is 1. The normalized spacial score (nSPS) is 12.5. The predicted molar refractivity (Wildman–Crippen MR) is 59.2 cm³/mol. The van der Waals surface area contributed by atoms with Crippen LogP contribution >= 0.6 is 0 Å². The quantitative estimate of drug-likeness (QED) is 0.787. The largest absolute Gasteiger partial charge is 0.387 e. The van der Waals surface area contributed by atoms with E-state index in [1.54, 1.807) is 24.9 Å². The summed E-state index contributed by atoms with van der Waals surface area (Å²) in [6.45, 7) is 2.38. The van der Waals surface area contributed by atoms with E-state index in [1.165, 1.54) is 12.1 Å². The molecule has 0 radical (unpaired) electrons. The first-order chi connectivity index (χ1) is 7.54. The van der Waals surface area contributed by atoms with Gasteiger partial charge in [-0.1, -0.05) is 6.07 Å². The van der Waals surface area contributed by atoms with Crippen LogP contribution in [0.2, 0.25) is 0 Å². The molecule has 0 saturated carbocycles. The number of hydrogen-bond acceptors (Lipinski definition) is 3. The van der Waals surface area contributed by atoms with Crippen molar-refractivity contribution in [3.63, 3.8) is 0 Å². The number of aliphatic hydroxyl groups excluding tert-OH is 1. The minimum absolute atomic E-state index is 0.261. The molecule has 0 bridgehead atoms. The molecule has 0 aliphatic rings. The van der Waals surface area contributed by atoms with Crippen LogP contribution < -0.4 is 0 Å². The fourth-order valence-corrected chi connectivity index (χ4v) is 1.59. The van der Waals surface area contributed by atoms with Crippen molar-refractivity contribution in [3.05, 3.63) is 35.1 Å². The van der Waals surface area contributed by atoms with Crippen LogP contribution in [0.3, 0.4) is 0 Å². The van der Waals surface area contributed by atoms with Crippen molar-refractivity contribution >= 4 is 0 Å². The van der Waals surface area contributed by atoms with Crippen LogP contribution in [0, 0.1) is 24.1 Å². The molecular formula is C12H15FN2O. The van der Waals surface area contributed by atoms with Crippen molar-refractivity contribution < 1.29 is 9.50 Å². The van der Waals surface area contributed by atoms with E-state index in [1.807, 2.05) is 6.07 Å². The summed E-state index contributed by atoms with van der Waals surface area (Å²) in [4.78, 5) is 1.72. The standard InChI is InChI=1S/C12H15FN2O/c1-9-7-10(13)3-4-11(9)12(16)8-15(2)6-5-14/h3-4,7,12,16H,6,8H2,1-2H3. The third-order valence-electron chi connectivity index (χ3n) is 2.42. The topological polar surface area (TPSA) is 47.3 Å². The van der Waals surface area contributed by atoms with Crippen molar-refractivity contribution in [2.24, 2.45) is 0 Å². The molecule has 0 fully saturated rings. The SMILES string of the molecule is Cc1cc(F)ccc1C(O)CN(C)CC#N. The summed E-state index contributed by atoms with van der Waals surface area (Å²) in [5, 5.41) is 18.4. The van der Waals surface area contributed by atoms with Crippen LogP contribution in [0.4, 0.5) is 4.39 Å². The minimum Gasteiger partial charge on any atom is -0.387 e. The first-order valence-corrected chi connectivity index (χ1v) is 5.04. The molecule has 16 heavy (non-hydrogen) atoms. The molecule has 0 spiro atoms. The van der Waals surface area contributed by atoms with Crippen molar-refractivity contribution in [1.29, 1.82) is 5.26 Å². The van der Waals surface area contributed by atoms with E-state index in [-0.39, 0.29) is 12.4 Å². The molecule has 0 saturated heterocycles. The van der Waals surface area contributed by atoms with Gasteiger partial charge in [-0.15, -0.1) is 0 Å². The molecule has 0 aliphatic carbocycles. The van der Waals surface area contributed by atoms with Gasteiger partial charge in [0.15, 0.2) is 0 Å². The number of likely N-dealkylation sites (N-methyl/N-ethyl adjacent to an activating group) is 1. The van der Waals surface area contributed by atoms with E-state index in [4.69, 9.17) is 5.26 Å². The lowest BCUT2D eigenvalue weighted by Gasteiger charge is -2.19. The maximum atomic E-state index is 12.9. The molecule has 4 heteroatoms. The second-order valence-electron chi connectivity index (χ2n) is 3.87. The highest BCUT2D eigenvalue weighted by Crippen LogP contribution is 2.19. The number of nitrogens with zero attached hydrogens (tertiary/aromatic N) is 2. The lowest BCUT2D eigenvalue weighted by Crippen LogP contribution is -2.25. The van der Waals surface area contributed by atoms with E-state index >= 15 is 0 Å². The zero-order valence-electron chi connectivity index (χ0n) is 9.44. The highest BCUT2D eigenvalue weighted by atomic mass is 19.1. The molecule has 3 nitrogen and oxygen atoms in total. The predicted octanol–water partition coefficient (Wildman–Crippen LogP) is 1.62. The van der Waals surface area contributed by atoms with Crippen molar-refractivity contribution in [2.45, 2.75) is 13.0 Å². The zero-order valence-corrected chi connectivity index (χ0v) is 9.44. The highest BCUT2D eigenvalue weighted by molar-refractivity contribution is 5.28. The third-order valence-corrected chi connectivity index (χ3v) is 2.42. The van der Waals surface area contributed by atoms with Crippen LogP contribution in [0.25, 0.3) is 0 Å². The summed E-state index contributed by atoms with van der Waals surface area (Å²) >= 11 is 0. The Morgan fingerprint density at radius 3 is 2.81 bits per heavy atom. The van der Waals surface area contributed by atoms with Gasteiger partial charge in [-0.3, -0.25) is 4.90 Å². The molecule has 1 aromatic rings. The Hall–Kier alpha value is -1.44. The van der Waals surface area contributed by atoms with Gasteiger partial charge >= 0.3 is 0 Å². The van der Waals surface area contributed by atoms with E-state index in [9.17, 15) is 9.50 Å². The Kier molecular flexibility index (Phi) is 4.41. The molecule has 0 aromatic heterocycles. The monoisotopic (exact) mass is 222 g/mol. The molecule has 1 atom stereocenters. The van der Waals surface area contributed by atoms with Gasteiger partial charge in [0, 0.05) is 6.54 Å². The Labute approximate surface area is 94.7 Å². The van der Waals surface area contributed by atoms with Crippen molar-refractivity contribution in [3.8, 4) is 6.07 Å². The first-order valence-electron chi connectivity index (χ1n) is 5.04. The number of aryl methyl sites for hydroxylation is 1. The molecule has 0 aliphatic heterocycles. The molecule has 1 N–H and O–H groups in total. The van der Waals surface area contributed by atoms with E-state index in [0.717, 1.165) is 5.56 Å². The number of nitriles is 1. The number of benzene rings is 1. The van der Waals surface area contributed by atoms with Crippen LogP contribution in [0.1, 0.15) is 17.2 Å². The van der Waals surface area contributed by atoms with Gasteiger partial charge in [-0.25, -0.2) is 4.39 Å². The summed E-state index contributed by atoms with van der Waals surface area (Å²) in [5.74, 6) is -0.307. The molecule has 86 valence electrons. The first kappa shape index (κ1) is 12.6. The zero-order chi connectivity index (χ0) is 12.1. The van der Waals surface area contributed by atoms with Gasteiger partial charge in [0.25, 0.3) is 0 Å². The second kappa shape index (κ2) is 5.59. The molecule has 1 aromatic carbocycles. The fourth-order valence-electron chi connectivity index (χ4n) is 1.59. The second-order valence-corrected chi connectivity index (χ2v) is 3.87. The Morgan fingerprint density at radius 1 is 1.56 bits per heavy atom. The summed E-state index contributed by atoms with van der Waals surface area (Å²) < 4.78 is 12.9. The Balaban J connectivity index is 2.73. The average Bonchev–Trinajstić information content (AvgIpc) is 2.17. The maximum Gasteiger partial charge on any atom is 0.123 e. The van der Waals surface area contributed by atoms with E-state index in [0.29, 0.717) is 12.1 Å². The van der Waals surface area contributed by atoms with Crippen LogP contribution in [-0.2, 0) is 0 Å². The van der Waals surface area contributed by atoms with Crippen LogP contribution in [-0.4, -0.2) is 30.1 Å². The summed E-state index contributed by atoms with van der Waals surface area (Å²) in [7, 11) is 1.76. The van der Waals surface area contributed by atoms with Gasteiger partial charge in [0.1, 0.15) is 5.82 Å². The lowest BCUT2D eigenvalue weighted by molar-refractivity contribution is 0.132. The summed E-state index contributed by atoms with van der Waals surface area (Å²) in [6, 6.07) is 6.30. The van der Waals surface area contributed by atoms with Crippen LogP contribution in [0.5, 0.6) is 0 Å². The molecular weight excluding hydrogens is 207 g/mol. The fraction of sp³-hybridized carbons (Fsp3) is 0.417. The molecule has 1 unspecified atom stereocenters.